The largest absolute Gasteiger partial charge is 0.507 e. The summed E-state index contributed by atoms with van der Waals surface area (Å²) in [5, 5.41) is 11.8. The van der Waals surface area contributed by atoms with Gasteiger partial charge in [-0.05, 0) is 49.6 Å². The highest BCUT2D eigenvalue weighted by Gasteiger charge is 2.06. The van der Waals surface area contributed by atoms with Crippen LogP contribution in [-0.2, 0) is 22.7 Å². The first-order chi connectivity index (χ1) is 13.1. The fraction of sp³-hybridized carbons (Fsp3) is 0.318. The number of aromatic hydroxyl groups is 1. The molecule has 27 heavy (non-hydrogen) atoms. The summed E-state index contributed by atoms with van der Waals surface area (Å²) in [7, 11) is 0. The van der Waals surface area contributed by atoms with Crippen LogP contribution in [0.25, 0.3) is 10.9 Å². The van der Waals surface area contributed by atoms with Crippen LogP contribution in [0.1, 0.15) is 29.7 Å². The summed E-state index contributed by atoms with van der Waals surface area (Å²) in [5.41, 5.74) is 3.42. The first-order valence-electron chi connectivity index (χ1n) is 9.11. The maximum Gasteiger partial charge on any atom is 0.124 e. The zero-order chi connectivity index (χ0) is 19.1. The molecule has 1 heterocycles. The zero-order valence-corrected chi connectivity index (χ0v) is 16.2. The van der Waals surface area contributed by atoms with Crippen molar-refractivity contribution in [3.63, 3.8) is 0 Å². The van der Waals surface area contributed by atoms with Gasteiger partial charge in [0.25, 0.3) is 0 Å². The molecule has 0 unspecified atom stereocenters. The average molecular weight is 386 g/mol. The van der Waals surface area contributed by atoms with E-state index in [1.54, 1.807) is 12.1 Å². The number of phenolic OH excluding ortho intramolecular Hbond substituents is 1. The Morgan fingerprint density at radius 1 is 0.963 bits per heavy atom. The molecule has 0 fully saturated rings. The highest BCUT2D eigenvalue weighted by atomic mass is 35.5. The quantitative estimate of drug-likeness (QED) is 0.500. The minimum Gasteiger partial charge on any atom is -0.507 e. The molecule has 1 N–H and O–H groups in total. The first kappa shape index (κ1) is 19.6. The summed E-state index contributed by atoms with van der Waals surface area (Å²) in [4.78, 5) is 4.59. The van der Waals surface area contributed by atoms with Crippen molar-refractivity contribution < 1.29 is 14.6 Å². The summed E-state index contributed by atoms with van der Waals surface area (Å²) in [6.07, 6.45) is 1.81. The van der Waals surface area contributed by atoms with Crippen molar-refractivity contribution in [3.05, 3.63) is 70.4 Å². The molecule has 0 aliphatic rings. The summed E-state index contributed by atoms with van der Waals surface area (Å²) in [6.45, 7) is 3.98. The van der Waals surface area contributed by atoms with Crippen LogP contribution in [0.15, 0.2) is 48.5 Å². The molecule has 3 aromatic rings. The molecule has 3 rings (SSSR count). The molecule has 5 heteroatoms. The van der Waals surface area contributed by atoms with Gasteiger partial charge in [0.05, 0.1) is 24.4 Å². The lowest BCUT2D eigenvalue weighted by molar-refractivity contribution is 0.0880. The number of para-hydroxylation sites is 1. The molecule has 0 atom stereocenters. The van der Waals surface area contributed by atoms with E-state index in [4.69, 9.17) is 21.1 Å². The number of aromatic nitrogens is 1. The predicted molar refractivity (Wildman–Crippen MR) is 108 cm³/mol. The maximum absolute atomic E-state index is 10.0. The van der Waals surface area contributed by atoms with Crippen LogP contribution in [0.3, 0.4) is 0 Å². The molecule has 4 nitrogen and oxygen atoms in total. The number of nitrogens with zero attached hydrogens (tertiary/aromatic N) is 1. The Labute approximate surface area is 164 Å². The molecule has 0 saturated carbocycles. The number of hydrogen-bond acceptors (Lipinski definition) is 4. The Bertz CT molecular complexity index is 898. The molecule has 0 amide bonds. The van der Waals surface area contributed by atoms with Gasteiger partial charge in [0.15, 0.2) is 0 Å². The lowest BCUT2D eigenvalue weighted by atomic mass is 10.1. The van der Waals surface area contributed by atoms with Crippen molar-refractivity contribution in [1.29, 1.82) is 0 Å². The van der Waals surface area contributed by atoms with Crippen molar-refractivity contribution in [1.82, 2.24) is 4.98 Å². The average Bonchev–Trinajstić information content (AvgIpc) is 2.67. The third kappa shape index (κ3) is 5.67. The molecule has 0 aliphatic heterocycles. The van der Waals surface area contributed by atoms with Gasteiger partial charge < -0.3 is 14.6 Å². The Hall–Kier alpha value is -2.14. The molecule has 2 aromatic carbocycles. The minimum atomic E-state index is 0.255. The number of phenols is 1. The van der Waals surface area contributed by atoms with Crippen LogP contribution >= 0.6 is 11.6 Å². The van der Waals surface area contributed by atoms with Gasteiger partial charge >= 0.3 is 0 Å². The van der Waals surface area contributed by atoms with Crippen LogP contribution in [0.5, 0.6) is 5.75 Å². The lowest BCUT2D eigenvalue weighted by Crippen LogP contribution is -2.01. The molecule has 1 aromatic heterocycles. The molecular formula is C22H24ClNO3. The van der Waals surface area contributed by atoms with E-state index in [0.717, 1.165) is 40.6 Å². The number of halogens is 1. The molecular weight excluding hydrogens is 362 g/mol. The number of benzene rings is 2. The summed E-state index contributed by atoms with van der Waals surface area (Å²) >= 11 is 6.01. The van der Waals surface area contributed by atoms with Gasteiger partial charge in [-0.25, -0.2) is 0 Å². The predicted octanol–water partition coefficient (Wildman–Crippen LogP) is 5.42. The van der Waals surface area contributed by atoms with Crippen molar-refractivity contribution in [3.8, 4) is 5.75 Å². The standard InChI is InChI=1S/C22H24ClNO3/c1-16-12-19(23)13-18(22(16)25)14-26-10-4-5-11-27-15-20-9-8-17-6-2-3-7-21(17)24-20/h2-3,6-9,12-13,25H,4-5,10-11,14-15H2,1H3. The number of unbranched alkanes of at least 4 members (excludes halogenated alkanes) is 1. The third-order valence-electron chi connectivity index (χ3n) is 4.34. The molecule has 0 bridgehead atoms. The summed E-state index contributed by atoms with van der Waals surface area (Å²) in [5.74, 6) is 0.255. The number of rotatable bonds is 9. The van der Waals surface area contributed by atoms with Gasteiger partial charge in [-0.15, -0.1) is 0 Å². The van der Waals surface area contributed by atoms with E-state index in [1.807, 2.05) is 31.2 Å². The molecule has 0 spiro atoms. The second-order valence-electron chi connectivity index (χ2n) is 6.54. The van der Waals surface area contributed by atoms with Crippen molar-refractivity contribution in [2.45, 2.75) is 33.0 Å². The second kappa shape index (κ2) is 9.70. The van der Waals surface area contributed by atoms with Crippen molar-refractivity contribution >= 4 is 22.5 Å². The monoisotopic (exact) mass is 385 g/mol. The normalized spacial score (nSPS) is 11.2. The molecule has 0 aliphatic carbocycles. The third-order valence-corrected chi connectivity index (χ3v) is 4.55. The van der Waals surface area contributed by atoms with E-state index in [2.05, 4.69) is 17.1 Å². The smallest absolute Gasteiger partial charge is 0.124 e. The topological polar surface area (TPSA) is 51.6 Å². The molecule has 0 radical (unpaired) electrons. The Morgan fingerprint density at radius 2 is 1.70 bits per heavy atom. The highest BCUT2D eigenvalue weighted by molar-refractivity contribution is 6.30. The Morgan fingerprint density at radius 3 is 2.52 bits per heavy atom. The van der Waals surface area contributed by atoms with Crippen molar-refractivity contribution in [2.24, 2.45) is 0 Å². The van der Waals surface area contributed by atoms with Crippen LogP contribution < -0.4 is 0 Å². The van der Waals surface area contributed by atoms with Crippen LogP contribution in [0, 0.1) is 6.92 Å². The first-order valence-corrected chi connectivity index (χ1v) is 9.49. The van der Waals surface area contributed by atoms with E-state index in [0.29, 0.717) is 31.5 Å². The summed E-state index contributed by atoms with van der Waals surface area (Å²) in [6, 6.07) is 15.6. The van der Waals surface area contributed by atoms with Gasteiger partial charge in [-0.2, -0.15) is 0 Å². The van der Waals surface area contributed by atoms with Gasteiger partial charge in [-0.3, -0.25) is 4.98 Å². The zero-order valence-electron chi connectivity index (χ0n) is 15.5. The lowest BCUT2D eigenvalue weighted by Gasteiger charge is -2.09. The van der Waals surface area contributed by atoms with E-state index in [1.165, 1.54) is 0 Å². The Balaban J connectivity index is 1.31. The number of hydrogen-bond donors (Lipinski definition) is 1. The fourth-order valence-corrected chi connectivity index (χ4v) is 3.17. The summed E-state index contributed by atoms with van der Waals surface area (Å²) < 4.78 is 11.3. The highest BCUT2D eigenvalue weighted by Crippen LogP contribution is 2.27. The van der Waals surface area contributed by atoms with Gasteiger partial charge in [0, 0.05) is 29.2 Å². The molecule has 142 valence electrons. The van der Waals surface area contributed by atoms with Crippen LogP contribution in [0.2, 0.25) is 5.02 Å². The number of fused-ring (bicyclic) bond motifs is 1. The SMILES string of the molecule is Cc1cc(Cl)cc(COCCCCOCc2ccc3ccccc3n2)c1O. The van der Waals surface area contributed by atoms with Gasteiger partial charge in [-0.1, -0.05) is 35.9 Å². The number of ether oxygens (including phenoxy) is 2. The number of aryl methyl sites for hydroxylation is 1. The van der Waals surface area contributed by atoms with Crippen LogP contribution in [0.4, 0.5) is 0 Å². The van der Waals surface area contributed by atoms with Gasteiger partial charge in [0.2, 0.25) is 0 Å². The van der Waals surface area contributed by atoms with Crippen molar-refractivity contribution in [2.75, 3.05) is 13.2 Å². The Kier molecular flexibility index (Phi) is 7.04. The maximum atomic E-state index is 10.0. The fourth-order valence-electron chi connectivity index (χ4n) is 2.87. The van der Waals surface area contributed by atoms with E-state index in [9.17, 15) is 5.11 Å². The van der Waals surface area contributed by atoms with Crippen LogP contribution in [-0.4, -0.2) is 23.3 Å². The number of pyridine rings is 1. The van der Waals surface area contributed by atoms with E-state index < -0.39 is 0 Å². The van der Waals surface area contributed by atoms with E-state index >= 15 is 0 Å². The molecule has 0 saturated heterocycles. The van der Waals surface area contributed by atoms with Gasteiger partial charge in [0.1, 0.15) is 5.75 Å². The minimum absolute atomic E-state index is 0.255. The van der Waals surface area contributed by atoms with E-state index in [-0.39, 0.29) is 5.75 Å². The second-order valence-corrected chi connectivity index (χ2v) is 6.97.